The van der Waals surface area contributed by atoms with Crippen molar-refractivity contribution in [2.75, 3.05) is 13.1 Å². The van der Waals surface area contributed by atoms with Gasteiger partial charge >= 0.3 is 0 Å². The molecule has 0 saturated carbocycles. The van der Waals surface area contributed by atoms with Gasteiger partial charge in [-0.05, 0) is 55.6 Å². The van der Waals surface area contributed by atoms with Crippen LogP contribution in [0, 0.1) is 0 Å². The highest BCUT2D eigenvalue weighted by atomic mass is 79.9. The molecule has 0 amide bonds. The number of fused-ring (bicyclic) bond motifs is 1. The van der Waals surface area contributed by atoms with E-state index in [0.717, 1.165) is 41.0 Å². The molecule has 0 aliphatic carbocycles. The maximum absolute atomic E-state index is 4.75. The Morgan fingerprint density at radius 1 is 1.14 bits per heavy atom. The number of nitrogens with zero attached hydrogens (tertiary/aromatic N) is 4. The number of likely N-dealkylation sites (tertiary alicyclic amines) is 1. The normalized spacial score (nSPS) is 15.9. The number of halogens is 1. The van der Waals surface area contributed by atoms with Crippen LogP contribution in [-0.2, 0) is 13.6 Å². The van der Waals surface area contributed by atoms with E-state index in [0.29, 0.717) is 5.92 Å². The Kier molecular flexibility index (Phi) is 4.97. The van der Waals surface area contributed by atoms with Gasteiger partial charge in [0.15, 0.2) is 0 Å². The van der Waals surface area contributed by atoms with Crippen molar-refractivity contribution in [1.29, 1.82) is 0 Å². The van der Waals surface area contributed by atoms with Gasteiger partial charge in [-0.1, -0.05) is 34.1 Å². The molecule has 0 radical (unpaired) electrons. The van der Waals surface area contributed by atoms with E-state index in [1.807, 2.05) is 30.1 Å². The van der Waals surface area contributed by atoms with Crippen molar-refractivity contribution in [3.63, 3.8) is 0 Å². The van der Waals surface area contributed by atoms with Crippen molar-refractivity contribution < 1.29 is 0 Å². The molecule has 148 valence electrons. The van der Waals surface area contributed by atoms with Gasteiger partial charge in [-0.2, -0.15) is 5.10 Å². The maximum atomic E-state index is 4.75. The monoisotopic (exact) mass is 449 g/mol. The minimum absolute atomic E-state index is 0.598. The number of pyridine rings is 1. The van der Waals surface area contributed by atoms with Gasteiger partial charge in [0.1, 0.15) is 5.65 Å². The number of rotatable bonds is 4. The molecule has 0 bridgehead atoms. The smallest absolute Gasteiger partial charge is 0.137 e. The molecule has 1 saturated heterocycles. The molecule has 0 unspecified atom stereocenters. The fraction of sp³-hybridized carbons (Fsp3) is 0.304. The molecular formula is C23H24BrN5. The molecule has 1 aliphatic rings. The predicted molar refractivity (Wildman–Crippen MR) is 120 cm³/mol. The molecule has 5 rings (SSSR count). The van der Waals surface area contributed by atoms with Crippen LogP contribution in [0.3, 0.4) is 0 Å². The summed E-state index contributed by atoms with van der Waals surface area (Å²) in [5, 5.41) is 6.02. The standard InChI is InChI=1S/C23H24BrN5/c1-28-14-17(22(27-28)19-5-2-3-7-21(19)24)15-29-11-8-16(9-12-29)20-13-26-23-18(20)6-4-10-25-23/h2-7,10,13-14,16H,8-9,11-12,15H2,1H3,(H,25,26). The molecule has 0 spiro atoms. The van der Waals surface area contributed by atoms with Gasteiger partial charge in [0.25, 0.3) is 0 Å². The van der Waals surface area contributed by atoms with Crippen LogP contribution in [0.1, 0.15) is 29.9 Å². The van der Waals surface area contributed by atoms with Gasteiger partial charge < -0.3 is 4.98 Å². The lowest BCUT2D eigenvalue weighted by molar-refractivity contribution is 0.205. The first-order valence-electron chi connectivity index (χ1n) is 10.1. The second-order valence-corrected chi connectivity index (χ2v) is 8.70. The Morgan fingerprint density at radius 3 is 2.79 bits per heavy atom. The zero-order valence-electron chi connectivity index (χ0n) is 16.5. The van der Waals surface area contributed by atoms with E-state index >= 15 is 0 Å². The van der Waals surface area contributed by atoms with E-state index < -0.39 is 0 Å². The highest BCUT2D eigenvalue weighted by molar-refractivity contribution is 9.10. The Bertz CT molecular complexity index is 1140. The third-order valence-corrected chi connectivity index (χ3v) is 6.63. The Labute approximate surface area is 178 Å². The van der Waals surface area contributed by atoms with Crippen LogP contribution in [-0.4, -0.2) is 37.7 Å². The molecule has 6 heteroatoms. The topological polar surface area (TPSA) is 49.7 Å². The van der Waals surface area contributed by atoms with Crippen LogP contribution in [0.15, 0.2) is 59.5 Å². The third kappa shape index (κ3) is 3.63. The minimum atomic E-state index is 0.598. The largest absolute Gasteiger partial charge is 0.346 e. The summed E-state index contributed by atoms with van der Waals surface area (Å²) in [7, 11) is 2.00. The number of hydrogen-bond acceptors (Lipinski definition) is 3. The van der Waals surface area contributed by atoms with Gasteiger partial charge in [-0.3, -0.25) is 9.58 Å². The zero-order chi connectivity index (χ0) is 19.8. The van der Waals surface area contributed by atoms with E-state index in [4.69, 9.17) is 5.10 Å². The van der Waals surface area contributed by atoms with Gasteiger partial charge in [-0.15, -0.1) is 0 Å². The van der Waals surface area contributed by atoms with Crippen LogP contribution in [0.4, 0.5) is 0 Å². The van der Waals surface area contributed by atoms with Gasteiger partial charge in [-0.25, -0.2) is 4.98 Å². The van der Waals surface area contributed by atoms with Crippen molar-refractivity contribution in [2.24, 2.45) is 7.05 Å². The first-order valence-corrected chi connectivity index (χ1v) is 10.9. The zero-order valence-corrected chi connectivity index (χ0v) is 18.1. The minimum Gasteiger partial charge on any atom is -0.346 e. The number of aromatic amines is 1. The summed E-state index contributed by atoms with van der Waals surface area (Å²) in [6.07, 6.45) is 8.51. The quantitative estimate of drug-likeness (QED) is 0.471. The molecule has 1 fully saturated rings. The van der Waals surface area contributed by atoms with E-state index in [1.54, 1.807) is 0 Å². The molecule has 0 atom stereocenters. The van der Waals surface area contributed by atoms with Crippen molar-refractivity contribution in [2.45, 2.75) is 25.3 Å². The van der Waals surface area contributed by atoms with Gasteiger partial charge in [0, 0.05) is 53.2 Å². The number of aromatic nitrogens is 4. The van der Waals surface area contributed by atoms with Crippen molar-refractivity contribution >= 4 is 27.0 Å². The number of aryl methyl sites for hydroxylation is 1. The summed E-state index contributed by atoms with van der Waals surface area (Å²) in [4.78, 5) is 10.3. The van der Waals surface area contributed by atoms with E-state index in [9.17, 15) is 0 Å². The Morgan fingerprint density at radius 2 is 1.97 bits per heavy atom. The van der Waals surface area contributed by atoms with Crippen LogP contribution >= 0.6 is 15.9 Å². The van der Waals surface area contributed by atoms with Crippen molar-refractivity contribution in [3.8, 4) is 11.3 Å². The average molecular weight is 450 g/mol. The van der Waals surface area contributed by atoms with Crippen molar-refractivity contribution in [1.82, 2.24) is 24.6 Å². The Balaban J connectivity index is 1.31. The SMILES string of the molecule is Cn1cc(CN2CCC(c3c[nH]c4ncccc34)CC2)c(-c2ccccc2Br)n1. The lowest BCUT2D eigenvalue weighted by Gasteiger charge is -2.31. The molecular weight excluding hydrogens is 426 g/mol. The van der Waals surface area contributed by atoms with Crippen molar-refractivity contribution in [3.05, 3.63) is 70.6 Å². The predicted octanol–water partition coefficient (Wildman–Crippen LogP) is 5.11. The van der Waals surface area contributed by atoms with Gasteiger partial charge in [0.2, 0.25) is 0 Å². The average Bonchev–Trinajstić information content (AvgIpc) is 3.32. The second kappa shape index (κ2) is 7.76. The second-order valence-electron chi connectivity index (χ2n) is 7.85. The number of benzene rings is 1. The first-order chi connectivity index (χ1) is 14.2. The number of piperidine rings is 1. The van der Waals surface area contributed by atoms with Crippen LogP contribution < -0.4 is 0 Å². The molecule has 5 nitrogen and oxygen atoms in total. The summed E-state index contributed by atoms with van der Waals surface area (Å²) in [6.45, 7) is 3.14. The van der Waals surface area contributed by atoms with Crippen LogP contribution in [0.25, 0.3) is 22.3 Å². The summed E-state index contributed by atoms with van der Waals surface area (Å²) < 4.78 is 3.02. The van der Waals surface area contributed by atoms with E-state index in [-0.39, 0.29) is 0 Å². The lowest BCUT2D eigenvalue weighted by atomic mass is 9.89. The fourth-order valence-electron chi connectivity index (χ4n) is 4.49. The highest BCUT2D eigenvalue weighted by Gasteiger charge is 2.24. The highest BCUT2D eigenvalue weighted by Crippen LogP contribution is 2.34. The number of nitrogens with one attached hydrogen (secondary N) is 1. The summed E-state index contributed by atoms with van der Waals surface area (Å²) in [6, 6.07) is 12.5. The fourth-order valence-corrected chi connectivity index (χ4v) is 4.96. The van der Waals surface area contributed by atoms with Crippen LogP contribution in [0.5, 0.6) is 0 Å². The summed E-state index contributed by atoms with van der Waals surface area (Å²) in [5.41, 5.74) is 5.93. The van der Waals surface area contributed by atoms with Gasteiger partial charge in [0.05, 0.1) is 5.69 Å². The molecule has 1 aliphatic heterocycles. The third-order valence-electron chi connectivity index (χ3n) is 5.94. The molecule has 3 aromatic heterocycles. The van der Waals surface area contributed by atoms with E-state index in [1.165, 1.54) is 29.4 Å². The molecule has 4 aromatic rings. The van der Waals surface area contributed by atoms with Crippen LogP contribution in [0.2, 0.25) is 0 Å². The van der Waals surface area contributed by atoms with E-state index in [2.05, 4.69) is 67.5 Å². The first kappa shape index (κ1) is 18.6. The number of hydrogen-bond donors (Lipinski definition) is 1. The summed E-state index contributed by atoms with van der Waals surface area (Å²) in [5.74, 6) is 0.598. The Hall–Kier alpha value is -2.44. The molecule has 1 aromatic carbocycles. The number of H-pyrrole nitrogens is 1. The maximum Gasteiger partial charge on any atom is 0.137 e. The molecule has 4 heterocycles. The molecule has 29 heavy (non-hydrogen) atoms. The lowest BCUT2D eigenvalue weighted by Crippen LogP contribution is -2.32. The summed E-state index contributed by atoms with van der Waals surface area (Å²) >= 11 is 3.68. The molecule has 1 N–H and O–H groups in total.